The Balaban J connectivity index is 2.10. The van der Waals surface area contributed by atoms with Crippen LogP contribution in [0.25, 0.3) is 0 Å². The van der Waals surface area contributed by atoms with Crippen molar-refractivity contribution in [2.45, 2.75) is 12.8 Å². The number of aldehydes is 1. The molecule has 0 amide bonds. The van der Waals surface area contributed by atoms with E-state index in [9.17, 15) is 4.79 Å². The molecule has 0 aliphatic carbocycles. The van der Waals surface area contributed by atoms with E-state index < -0.39 is 0 Å². The summed E-state index contributed by atoms with van der Waals surface area (Å²) in [6, 6.07) is 10.4. The number of aryl methyl sites for hydroxylation is 1. The standard InChI is InChI=1S/C11H14OS/c12-8-10-13-9-4-7-11-5-2-1-3-6-11/h1-3,5-6,8H,4,7,9-10H2. The molecule has 0 radical (unpaired) electrons. The van der Waals surface area contributed by atoms with Crippen LogP contribution in [-0.4, -0.2) is 17.8 Å². The van der Waals surface area contributed by atoms with Crippen molar-refractivity contribution in [3.63, 3.8) is 0 Å². The van der Waals surface area contributed by atoms with Crippen molar-refractivity contribution in [1.82, 2.24) is 0 Å². The predicted octanol–water partition coefficient (Wildman–Crippen LogP) is 2.55. The van der Waals surface area contributed by atoms with Crippen molar-refractivity contribution in [3.05, 3.63) is 35.9 Å². The lowest BCUT2D eigenvalue weighted by molar-refractivity contribution is -0.105. The van der Waals surface area contributed by atoms with Crippen LogP contribution in [0, 0.1) is 0 Å². The van der Waals surface area contributed by atoms with E-state index in [2.05, 4.69) is 24.3 Å². The second-order valence-corrected chi connectivity index (χ2v) is 3.98. The van der Waals surface area contributed by atoms with Gasteiger partial charge in [-0.2, -0.15) is 11.8 Å². The predicted molar refractivity (Wildman–Crippen MR) is 58.2 cm³/mol. The van der Waals surface area contributed by atoms with Gasteiger partial charge < -0.3 is 4.79 Å². The van der Waals surface area contributed by atoms with E-state index in [0.29, 0.717) is 5.75 Å². The largest absolute Gasteiger partial charge is 0.302 e. The van der Waals surface area contributed by atoms with Crippen molar-refractivity contribution >= 4 is 18.0 Å². The first kappa shape index (κ1) is 10.3. The Hall–Kier alpha value is -0.760. The summed E-state index contributed by atoms with van der Waals surface area (Å²) >= 11 is 1.70. The van der Waals surface area contributed by atoms with Crippen molar-refractivity contribution in [3.8, 4) is 0 Å². The van der Waals surface area contributed by atoms with Gasteiger partial charge in [0.2, 0.25) is 0 Å². The number of carbonyl (C=O) groups excluding carboxylic acids is 1. The van der Waals surface area contributed by atoms with E-state index in [4.69, 9.17) is 0 Å². The molecular weight excluding hydrogens is 180 g/mol. The lowest BCUT2D eigenvalue weighted by Gasteiger charge is -1.99. The van der Waals surface area contributed by atoms with E-state index in [1.807, 2.05) is 6.07 Å². The summed E-state index contributed by atoms with van der Waals surface area (Å²) in [5.74, 6) is 1.71. The summed E-state index contributed by atoms with van der Waals surface area (Å²) in [6.45, 7) is 0. The van der Waals surface area contributed by atoms with Crippen LogP contribution in [0.1, 0.15) is 12.0 Å². The highest BCUT2D eigenvalue weighted by Gasteiger charge is 1.91. The number of thioether (sulfide) groups is 1. The van der Waals surface area contributed by atoms with Gasteiger partial charge in [0.15, 0.2) is 0 Å². The number of hydrogen-bond donors (Lipinski definition) is 0. The van der Waals surface area contributed by atoms with Crippen molar-refractivity contribution in [1.29, 1.82) is 0 Å². The van der Waals surface area contributed by atoms with Crippen LogP contribution in [0.4, 0.5) is 0 Å². The fraction of sp³-hybridized carbons (Fsp3) is 0.364. The summed E-state index contributed by atoms with van der Waals surface area (Å²) in [4.78, 5) is 10.0. The van der Waals surface area contributed by atoms with Crippen LogP contribution in [-0.2, 0) is 11.2 Å². The maximum absolute atomic E-state index is 10.0. The molecule has 1 aromatic rings. The molecule has 2 heteroatoms. The highest BCUT2D eigenvalue weighted by atomic mass is 32.2. The Labute approximate surface area is 83.5 Å². The third-order valence-corrected chi connectivity index (χ3v) is 2.73. The molecule has 0 fully saturated rings. The van der Waals surface area contributed by atoms with Crippen LogP contribution in [0.5, 0.6) is 0 Å². The minimum absolute atomic E-state index is 0.634. The van der Waals surface area contributed by atoms with E-state index in [1.54, 1.807) is 11.8 Å². The Morgan fingerprint density at radius 2 is 2.00 bits per heavy atom. The van der Waals surface area contributed by atoms with Gasteiger partial charge in [-0.05, 0) is 24.2 Å². The summed E-state index contributed by atoms with van der Waals surface area (Å²) in [7, 11) is 0. The van der Waals surface area contributed by atoms with Gasteiger partial charge in [-0.25, -0.2) is 0 Å². The van der Waals surface area contributed by atoms with E-state index >= 15 is 0 Å². The average Bonchev–Trinajstić information content (AvgIpc) is 2.19. The zero-order chi connectivity index (χ0) is 9.36. The maximum Gasteiger partial charge on any atom is 0.129 e. The first-order valence-corrected chi connectivity index (χ1v) is 5.64. The molecule has 0 atom stereocenters. The van der Waals surface area contributed by atoms with E-state index in [0.717, 1.165) is 24.9 Å². The molecule has 0 aliphatic heterocycles. The molecule has 0 saturated carbocycles. The average molecular weight is 194 g/mol. The van der Waals surface area contributed by atoms with Crippen molar-refractivity contribution in [2.75, 3.05) is 11.5 Å². The molecule has 0 aromatic heterocycles. The van der Waals surface area contributed by atoms with Gasteiger partial charge in [0, 0.05) is 5.75 Å². The maximum atomic E-state index is 10.0. The lowest BCUT2D eigenvalue weighted by Crippen LogP contribution is -1.88. The highest BCUT2D eigenvalue weighted by molar-refractivity contribution is 7.99. The second kappa shape index (κ2) is 6.72. The monoisotopic (exact) mass is 194 g/mol. The lowest BCUT2D eigenvalue weighted by atomic mass is 10.1. The van der Waals surface area contributed by atoms with Crippen molar-refractivity contribution in [2.24, 2.45) is 0 Å². The van der Waals surface area contributed by atoms with Gasteiger partial charge in [-0.15, -0.1) is 0 Å². The smallest absolute Gasteiger partial charge is 0.129 e. The molecule has 0 unspecified atom stereocenters. The Kier molecular flexibility index (Phi) is 5.34. The minimum atomic E-state index is 0.634. The van der Waals surface area contributed by atoms with Gasteiger partial charge in [-0.1, -0.05) is 30.3 Å². The van der Waals surface area contributed by atoms with Gasteiger partial charge in [-0.3, -0.25) is 0 Å². The summed E-state index contributed by atoms with van der Waals surface area (Å²) < 4.78 is 0. The first-order valence-electron chi connectivity index (χ1n) is 4.49. The normalized spacial score (nSPS) is 9.85. The summed E-state index contributed by atoms with van der Waals surface area (Å²) in [6.07, 6.45) is 3.24. The van der Waals surface area contributed by atoms with Gasteiger partial charge >= 0.3 is 0 Å². The molecule has 0 spiro atoms. The molecule has 70 valence electrons. The van der Waals surface area contributed by atoms with Crippen LogP contribution >= 0.6 is 11.8 Å². The molecule has 0 bridgehead atoms. The summed E-state index contributed by atoms with van der Waals surface area (Å²) in [5, 5.41) is 0. The van der Waals surface area contributed by atoms with E-state index in [1.165, 1.54) is 5.56 Å². The Morgan fingerprint density at radius 3 is 2.69 bits per heavy atom. The molecule has 0 aliphatic rings. The van der Waals surface area contributed by atoms with Gasteiger partial charge in [0.05, 0.1) is 0 Å². The van der Waals surface area contributed by atoms with Gasteiger partial charge in [0.25, 0.3) is 0 Å². The fourth-order valence-corrected chi connectivity index (χ4v) is 1.77. The topological polar surface area (TPSA) is 17.1 Å². The minimum Gasteiger partial charge on any atom is -0.302 e. The quantitative estimate of drug-likeness (QED) is 0.511. The molecule has 1 aromatic carbocycles. The molecule has 1 rings (SSSR count). The molecule has 13 heavy (non-hydrogen) atoms. The number of benzene rings is 1. The zero-order valence-corrected chi connectivity index (χ0v) is 8.43. The van der Waals surface area contributed by atoms with Crippen LogP contribution in [0.2, 0.25) is 0 Å². The molecule has 1 nitrogen and oxygen atoms in total. The zero-order valence-electron chi connectivity index (χ0n) is 7.61. The van der Waals surface area contributed by atoms with Crippen LogP contribution < -0.4 is 0 Å². The number of hydrogen-bond acceptors (Lipinski definition) is 2. The fourth-order valence-electron chi connectivity index (χ4n) is 1.15. The van der Waals surface area contributed by atoms with Gasteiger partial charge in [0.1, 0.15) is 6.29 Å². The SMILES string of the molecule is O=CCSCCCc1ccccc1. The van der Waals surface area contributed by atoms with Crippen LogP contribution in [0.3, 0.4) is 0 Å². The second-order valence-electron chi connectivity index (χ2n) is 2.83. The first-order chi connectivity index (χ1) is 6.43. The third-order valence-electron chi connectivity index (χ3n) is 1.78. The highest BCUT2D eigenvalue weighted by Crippen LogP contribution is 2.06. The number of carbonyl (C=O) groups is 1. The molecule has 0 saturated heterocycles. The van der Waals surface area contributed by atoms with Crippen molar-refractivity contribution < 1.29 is 4.79 Å². The van der Waals surface area contributed by atoms with Crippen LogP contribution in [0.15, 0.2) is 30.3 Å². The molecule has 0 heterocycles. The summed E-state index contributed by atoms with van der Waals surface area (Å²) in [5.41, 5.74) is 1.38. The molecular formula is C11H14OS. The van der Waals surface area contributed by atoms with E-state index in [-0.39, 0.29) is 0 Å². The number of rotatable bonds is 6. The third kappa shape index (κ3) is 4.73. The Bertz CT molecular complexity index is 233. The molecule has 0 N–H and O–H groups in total. The Morgan fingerprint density at radius 1 is 1.23 bits per heavy atom.